The number of fused-ring (bicyclic) bond motifs is 1. The summed E-state index contributed by atoms with van der Waals surface area (Å²) >= 11 is 0. The highest BCUT2D eigenvalue weighted by Gasteiger charge is 2.42. The Morgan fingerprint density at radius 1 is 1.54 bits per heavy atom. The van der Waals surface area contributed by atoms with Crippen LogP contribution in [0.5, 0.6) is 0 Å². The molecule has 0 unspecified atom stereocenters. The smallest absolute Gasteiger partial charge is 0.320 e. The number of carbonyl (C=O) groups excluding carboxylic acids is 1. The number of piperazine rings is 1. The minimum atomic E-state index is -0.808. The average molecular weight is 184 g/mol. The van der Waals surface area contributed by atoms with E-state index in [1.54, 1.807) is 4.90 Å². The molecule has 2 fully saturated rings. The van der Waals surface area contributed by atoms with E-state index >= 15 is 0 Å². The third-order valence-electron chi connectivity index (χ3n) is 2.77. The van der Waals surface area contributed by atoms with Gasteiger partial charge >= 0.3 is 5.97 Å². The lowest BCUT2D eigenvalue weighted by Crippen LogP contribution is -2.55. The van der Waals surface area contributed by atoms with Gasteiger partial charge in [0.1, 0.15) is 6.04 Å². The van der Waals surface area contributed by atoms with Crippen molar-refractivity contribution in [3.8, 4) is 0 Å². The number of carboxylic acid groups (broad SMARTS) is 1. The summed E-state index contributed by atoms with van der Waals surface area (Å²) in [4.78, 5) is 23.9. The standard InChI is InChI=1S/C8H12N2O3/c11-7-5-1-2-6(8(12)13)10(5)4-3-9-7/h5-6H,1-4H2,(H,9,11)(H,12,13)/t5-,6-/m1/s1. The van der Waals surface area contributed by atoms with Gasteiger partial charge in [-0.15, -0.1) is 0 Å². The van der Waals surface area contributed by atoms with Crippen LogP contribution in [-0.4, -0.2) is 47.1 Å². The second-order valence-electron chi connectivity index (χ2n) is 3.48. The molecule has 2 heterocycles. The molecule has 0 aromatic rings. The lowest BCUT2D eigenvalue weighted by atomic mass is 10.2. The summed E-state index contributed by atoms with van der Waals surface area (Å²) in [5.74, 6) is -0.827. The Labute approximate surface area is 75.7 Å². The molecule has 5 nitrogen and oxygen atoms in total. The van der Waals surface area contributed by atoms with Crippen molar-refractivity contribution in [2.75, 3.05) is 13.1 Å². The molecule has 0 radical (unpaired) electrons. The van der Waals surface area contributed by atoms with Crippen LogP contribution in [-0.2, 0) is 9.59 Å². The molecule has 2 atom stereocenters. The lowest BCUT2D eigenvalue weighted by Gasteiger charge is -2.31. The van der Waals surface area contributed by atoms with Crippen LogP contribution in [0.4, 0.5) is 0 Å². The first kappa shape index (κ1) is 8.50. The molecule has 2 aliphatic rings. The van der Waals surface area contributed by atoms with E-state index in [0.29, 0.717) is 25.9 Å². The largest absolute Gasteiger partial charge is 0.480 e. The van der Waals surface area contributed by atoms with Gasteiger partial charge in [0.2, 0.25) is 5.91 Å². The van der Waals surface area contributed by atoms with Gasteiger partial charge in [0.15, 0.2) is 0 Å². The van der Waals surface area contributed by atoms with Crippen molar-refractivity contribution in [1.29, 1.82) is 0 Å². The van der Waals surface area contributed by atoms with Crippen LogP contribution in [0, 0.1) is 0 Å². The fourth-order valence-corrected chi connectivity index (χ4v) is 2.15. The molecular formula is C8H12N2O3. The zero-order chi connectivity index (χ0) is 9.42. The third-order valence-corrected chi connectivity index (χ3v) is 2.77. The van der Waals surface area contributed by atoms with Crippen LogP contribution < -0.4 is 5.32 Å². The fraction of sp³-hybridized carbons (Fsp3) is 0.750. The SMILES string of the molecule is O=C(O)[C@H]1CC[C@@H]2C(=O)NCCN12. The van der Waals surface area contributed by atoms with Crippen LogP contribution >= 0.6 is 0 Å². The zero-order valence-corrected chi connectivity index (χ0v) is 7.19. The Balaban J connectivity index is 2.14. The predicted molar refractivity (Wildman–Crippen MR) is 44.2 cm³/mol. The number of nitrogens with zero attached hydrogens (tertiary/aromatic N) is 1. The number of hydrogen-bond acceptors (Lipinski definition) is 3. The number of aliphatic carboxylic acids is 1. The zero-order valence-electron chi connectivity index (χ0n) is 7.19. The molecular weight excluding hydrogens is 172 g/mol. The third kappa shape index (κ3) is 1.29. The Bertz CT molecular complexity index is 248. The number of nitrogens with one attached hydrogen (secondary N) is 1. The molecule has 0 aromatic carbocycles. The van der Waals surface area contributed by atoms with Gasteiger partial charge < -0.3 is 10.4 Å². The predicted octanol–water partition coefficient (Wildman–Crippen LogP) is -0.966. The molecule has 2 N–H and O–H groups in total. The molecule has 0 spiro atoms. The van der Waals surface area contributed by atoms with E-state index in [1.165, 1.54) is 0 Å². The van der Waals surface area contributed by atoms with E-state index in [1.807, 2.05) is 0 Å². The van der Waals surface area contributed by atoms with Crippen LogP contribution in [0.3, 0.4) is 0 Å². The summed E-state index contributed by atoms with van der Waals surface area (Å²) in [6.45, 7) is 1.23. The molecule has 0 aromatic heterocycles. The van der Waals surface area contributed by atoms with E-state index in [0.717, 1.165) is 0 Å². The minimum Gasteiger partial charge on any atom is -0.480 e. The molecule has 2 saturated heterocycles. The Morgan fingerprint density at radius 3 is 3.00 bits per heavy atom. The second kappa shape index (κ2) is 2.99. The van der Waals surface area contributed by atoms with Gasteiger partial charge in [0, 0.05) is 13.1 Å². The van der Waals surface area contributed by atoms with Crippen LogP contribution in [0.2, 0.25) is 0 Å². The molecule has 0 saturated carbocycles. The molecule has 2 rings (SSSR count). The molecule has 13 heavy (non-hydrogen) atoms. The van der Waals surface area contributed by atoms with Gasteiger partial charge in [-0.1, -0.05) is 0 Å². The monoisotopic (exact) mass is 184 g/mol. The quantitative estimate of drug-likeness (QED) is 0.550. The summed E-state index contributed by atoms with van der Waals surface area (Å²) in [5.41, 5.74) is 0. The summed E-state index contributed by atoms with van der Waals surface area (Å²) in [6.07, 6.45) is 1.26. The van der Waals surface area contributed by atoms with E-state index < -0.39 is 12.0 Å². The highest BCUT2D eigenvalue weighted by molar-refractivity contribution is 5.85. The van der Waals surface area contributed by atoms with Crippen LogP contribution in [0.25, 0.3) is 0 Å². The summed E-state index contributed by atoms with van der Waals surface area (Å²) in [5, 5.41) is 11.6. The van der Waals surface area contributed by atoms with Crippen LogP contribution in [0.1, 0.15) is 12.8 Å². The molecule has 2 aliphatic heterocycles. The highest BCUT2D eigenvalue weighted by Crippen LogP contribution is 2.25. The van der Waals surface area contributed by atoms with Crippen molar-refractivity contribution in [2.24, 2.45) is 0 Å². The maximum absolute atomic E-state index is 11.3. The molecule has 0 bridgehead atoms. The van der Waals surface area contributed by atoms with E-state index in [4.69, 9.17) is 5.11 Å². The minimum absolute atomic E-state index is 0.0185. The van der Waals surface area contributed by atoms with Gasteiger partial charge in [-0.25, -0.2) is 0 Å². The number of carbonyl (C=O) groups is 2. The topological polar surface area (TPSA) is 69.6 Å². The molecule has 1 amide bonds. The van der Waals surface area contributed by atoms with Gasteiger partial charge in [0.25, 0.3) is 0 Å². The van der Waals surface area contributed by atoms with Gasteiger partial charge in [-0.2, -0.15) is 0 Å². The Hall–Kier alpha value is -1.10. The lowest BCUT2D eigenvalue weighted by molar-refractivity contribution is -0.144. The van der Waals surface area contributed by atoms with E-state index in [2.05, 4.69) is 5.32 Å². The number of rotatable bonds is 1. The summed E-state index contributed by atoms with van der Waals surface area (Å²) in [7, 11) is 0. The fourth-order valence-electron chi connectivity index (χ4n) is 2.15. The second-order valence-corrected chi connectivity index (χ2v) is 3.48. The van der Waals surface area contributed by atoms with Crippen LogP contribution in [0.15, 0.2) is 0 Å². The first-order valence-corrected chi connectivity index (χ1v) is 4.46. The molecule has 72 valence electrons. The van der Waals surface area contributed by atoms with Crippen molar-refractivity contribution < 1.29 is 14.7 Å². The van der Waals surface area contributed by atoms with Crippen molar-refractivity contribution in [1.82, 2.24) is 10.2 Å². The number of carboxylic acids is 1. The first-order chi connectivity index (χ1) is 6.20. The number of hydrogen-bond donors (Lipinski definition) is 2. The first-order valence-electron chi connectivity index (χ1n) is 4.46. The van der Waals surface area contributed by atoms with Crippen molar-refractivity contribution in [3.63, 3.8) is 0 Å². The Kier molecular flexibility index (Phi) is 1.95. The van der Waals surface area contributed by atoms with E-state index in [-0.39, 0.29) is 11.9 Å². The van der Waals surface area contributed by atoms with Crippen molar-refractivity contribution >= 4 is 11.9 Å². The van der Waals surface area contributed by atoms with Gasteiger partial charge in [-0.3, -0.25) is 14.5 Å². The normalized spacial score (nSPS) is 34.0. The maximum atomic E-state index is 11.3. The Morgan fingerprint density at radius 2 is 2.31 bits per heavy atom. The summed E-state index contributed by atoms with van der Waals surface area (Å²) in [6, 6.07) is -0.647. The average Bonchev–Trinajstić information content (AvgIpc) is 2.48. The van der Waals surface area contributed by atoms with Crippen molar-refractivity contribution in [2.45, 2.75) is 24.9 Å². The van der Waals surface area contributed by atoms with E-state index in [9.17, 15) is 9.59 Å². The van der Waals surface area contributed by atoms with Crippen molar-refractivity contribution in [3.05, 3.63) is 0 Å². The summed E-state index contributed by atoms with van der Waals surface area (Å²) < 4.78 is 0. The molecule has 5 heteroatoms. The van der Waals surface area contributed by atoms with Gasteiger partial charge in [0.05, 0.1) is 6.04 Å². The highest BCUT2D eigenvalue weighted by atomic mass is 16.4. The molecule has 0 aliphatic carbocycles. The number of amides is 1. The maximum Gasteiger partial charge on any atom is 0.320 e. The van der Waals surface area contributed by atoms with Gasteiger partial charge in [-0.05, 0) is 12.8 Å².